The Hall–Kier alpha value is -5.34. The van der Waals surface area contributed by atoms with Gasteiger partial charge in [0.15, 0.2) is 11.5 Å². The molecule has 1 unspecified atom stereocenters. The molecule has 5 aromatic rings. The van der Waals surface area contributed by atoms with Gasteiger partial charge in [0.05, 0.1) is 24.9 Å². The molecule has 246 valence electrons. The number of hydrazone groups is 1. The van der Waals surface area contributed by atoms with Crippen LogP contribution in [0.1, 0.15) is 73.2 Å². The number of hydrogen-bond acceptors (Lipinski definition) is 10. The van der Waals surface area contributed by atoms with Crippen molar-refractivity contribution < 1.29 is 17.9 Å². The molecular weight excluding hydrogens is 625 g/mol. The number of fused-ring (bicyclic) bond motifs is 1. The Morgan fingerprint density at radius 3 is 2.46 bits per heavy atom. The van der Waals surface area contributed by atoms with Gasteiger partial charge in [-0.2, -0.15) is 18.3 Å². The first kappa shape index (κ1) is 30.0. The third kappa shape index (κ3) is 5.22. The Labute approximate surface area is 272 Å². The standard InChI is InChI=1S/C33H31F3N10O2/c1-17-42-43-30(44(17)2)23-12-21-13-37-27(25-26(19-8-9-19)38-16-39-31(25)48-3)41-29(21)46(32(23)47)14-18-4-6-20(7-5-18)28-40-24(33(34,35)36)15-45(28)22-10-11-22/h4-7,12-13,15-16,19,22,30,43H,8-11,14H2,1-3H3. The van der Waals surface area contributed by atoms with E-state index in [1.54, 1.807) is 45.7 Å². The van der Waals surface area contributed by atoms with Crippen molar-refractivity contribution in [3.63, 3.8) is 0 Å². The molecule has 5 heterocycles. The highest BCUT2D eigenvalue weighted by molar-refractivity contribution is 5.82. The Morgan fingerprint density at radius 2 is 1.81 bits per heavy atom. The molecule has 8 rings (SSSR count). The normalized spacial score (nSPS) is 17.9. The van der Waals surface area contributed by atoms with E-state index in [9.17, 15) is 18.0 Å². The summed E-state index contributed by atoms with van der Waals surface area (Å²) < 4.78 is 49.4. The molecule has 48 heavy (non-hydrogen) atoms. The van der Waals surface area contributed by atoms with Crippen molar-refractivity contribution in [2.75, 3.05) is 14.2 Å². The Kier molecular flexibility index (Phi) is 6.96. The zero-order valence-corrected chi connectivity index (χ0v) is 26.4. The summed E-state index contributed by atoms with van der Waals surface area (Å²) in [6.07, 6.45) is 2.82. The average molecular weight is 657 g/mol. The molecule has 1 aliphatic heterocycles. The van der Waals surface area contributed by atoms with Gasteiger partial charge in [-0.1, -0.05) is 24.3 Å². The summed E-state index contributed by atoms with van der Waals surface area (Å²) in [4.78, 5) is 38.6. The molecule has 15 heteroatoms. The van der Waals surface area contributed by atoms with Gasteiger partial charge in [-0.15, -0.1) is 0 Å². The second kappa shape index (κ2) is 11.1. The summed E-state index contributed by atoms with van der Waals surface area (Å²) in [6.45, 7) is 1.99. The fraction of sp³-hybridized carbons (Fsp3) is 0.364. The highest BCUT2D eigenvalue weighted by Crippen LogP contribution is 2.45. The molecular formula is C33H31F3N10O2. The lowest BCUT2D eigenvalue weighted by atomic mass is 10.1. The van der Waals surface area contributed by atoms with Crippen LogP contribution in [0.15, 0.2) is 58.9 Å². The van der Waals surface area contributed by atoms with Crippen molar-refractivity contribution in [2.45, 2.75) is 63.5 Å². The van der Waals surface area contributed by atoms with E-state index in [4.69, 9.17) is 9.72 Å². The van der Waals surface area contributed by atoms with E-state index in [1.165, 1.54) is 13.4 Å². The number of methoxy groups -OCH3 is 1. The molecule has 4 aromatic heterocycles. The SMILES string of the molecule is COc1ncnc(C2CC2)c1-c1ncc2cc(C3NN=C(C)N3C)c(=O)n(Cc3ccc(-c4nc(C(F)(F)F)cn4C4CC4)cc3)c2n1. The van der Waals surface area contributed by atoms with Gasteiger partial charge in [-0.05, 0) is 44.2 Å². The van der Waals surface area contributed by atoms with E-state index in [2.05, 4.69) is 30.5 Å². The number of benzene rings is 1. The van der Waals surface area contributed by atoms with Crippen LogP contribution in [0.5, 0.6) is 5.88 Å². The van der Waals surface area contributed by atoms with Crippen LogP contribution < -0.4 is 15.7 Å². The number of pyridine rings is 1. The first-order chi connectivity index (χ1) is 23.1. The first-order valence-electron chi connectivity index (χ1n) is 15.7. The second-order valence-electron chi connectivity index (χ2n) is 12.5. The van der Waals surface area contributed by atoms with Crippen molar-refractivity contribution in [1.82, 2.24) is 44.4 Å². The summed E-state index contributed by atoms with van der Waals surface area (Å²) in [5.41, 5.74) is 5.45. The van der Waals surface area contributed by atoms with E-state index >= 15 is 0 Å². The number of ether oxygens (including phenoxy) is 1. The molecule has 0 spiro atoms. The van der Waals surface area contributed by atoms with Crippen LogP contribution in [-0.4, -0.2) is 58.9 Å². The molecule has 1 atom stereocenters. The first-order valence-corrected chi connectivity index (χ1v) is 15.7. The minimum atomic E-state index is -4.54. The topological polar surface area (TPSA) is 128 Å². The molecule has 12 nitrogen and oxygen atoms in total. The molecule has 0 bridgehead atoms. The zero-order valence-electron chi connectivity index (χ0n) is 26.4. The third-order valence-electron chi connectivity index (χ3n) is 9.13. The van der Waals surface area contributed by atoms with Crippen LogP contribution in [0.2, 0.25) is 0 Å². The molecule has 0 saturated heterocycles. The van der Waals surface area contributed by atoms with Gasteiger partial charge in [0.2, 0.25) is 5.88 Å². The fourth-order valence-corrected chi connectivity index (χ4v) is 6.16. The summed E-state index contributed by atoms with van der Waals surface area (Å²) >= 11 is 0. The number of alkyl halides is 3. The van der Waals surface area contributed by atoms with E-state index < -0.39 is 18.0 Å². The number of amidine groups is 1. The van der Waals surface area contributed by atoms with Crippen LogP contribution >= 0.6 is 0 Å². The zero-order chi connectivity index (χ0) is 33.3. The lowest BCUT2D eigenvalue weighted by molar-refractivity contribution is -0.140. The predicted molar refractivity (Wildman–Crippen MR) is 170 cm³/mol. The summed E-state index contributed by atoms with van der Waals surface area (Å²) in [5.74, 6) is 1.97. The number of aromatic nitrogens is 7. The fourth-order valence-electron chi connectivity index (χ4n) is 6.16. The van der Waals surface area contributed by atoms with Crippen LogP contribution in [0.25, 0.3) is 33.8 Å². The van der Waals surface area contributed by atoms with Gasteiger partial charge < -0.3 is 14.2 Å². The molecule has 3 aliphatic rings. The molecule has 2 fully saturated rings. The lowest BCUT2D eigenvalue weighted by Gasteiger charge is -2.23. The predicted octanol–water partition coefficient (Wildman–Crippen LogP) is 5.27. The highest BCUT2D eigenvalue weighted by atomic mass is 19.4. The minimum Gasteiger partial charge on any atom is -0.480 e. The smallest absolute Gasteiger partial charge is 0.434 e. The van der Waals surface area contributed by atoms with Crippen LogP contribution in [-0.2, 0) is 12.7 Å². The largest absolute Gasteiger partial charge is 0.480 e. The minimum absolute atomic E-state index is 0.00820. The van der Waals surface area contributed by atoms with Gasteiger partial charge >= 0.3 is 6.18 Å². The van der Waals surface area contributed by atoms with Crippen molar-refractivity contribution >= 4 is 16.9 Å². The number of nitrogens with one attached hydrogen (secondary N) is 1. The van der Waals surface area contributed by atoms with Gasteiger partial charge in [-0.3, -0.25) is 14.8 Å². The third-order valence-corrected chi connectivity index (χ3v) is 9.13. The molecule has 0 radical (unpaired) electrons. The number of imidazole rings is 1. The number of halogens is 3. The quantitative estimate of drug-likeness (QED) is 0.238. The van der Waals surface area contributed by atoms with Gasteiger partial charge in [0, 0.05) is 42.4 Å². The Bertz CT molecular complexity index is 2150. The molecule has 0 amide bonds. The summed E-state index contributed by atoms with van der Waals surface area (Å²) in [6, 6.07) is 8.87. The maximum absolute atomic E-state index is 14.3. The number of nitrogens with zero attached hydrogens (tertiary/aromatic N) is 9. The maximum Gasteiger partial charge on any atom is 0.434 e. The summed E-state index contributed by atoms with van der Waals surface area (Å²) in [7, 11) is 3.39. The second-order valence-corrected chi connectivity index (χ2v) is 12.5. The van der Waals surface area contributed by atoms with Crippen molar-refractivity contribution in [3.05, 3.63) is 81.9 Å². The lowest BCUT2D eigenvalue weighted by Crippen LogP contribution is -2.36. The highest BCUT2D eigenvalue weighted by Gasteiger charge is 2.38. The van der Waals surface area contributed by atoms with E-state index in [0.717, 1.165) is 49.0 Å². The maximum atomic E-state index is 14.3. The van der Waals surface area contributed by atoms with E-state index in [1.807, 2.05) is 18.9 Å². The van der Waals surface area contributed by atoms with Crippen molar-refractivity contribution in [3.8, 4) is 28.7 Å². The van der Waals surface area contributed by atoms with Crippen LogP contribution in [0, 0.1) is 0 Å². The van der Waals surface area contributed by atoms with Crippen molar-refractivity contribution in [2.24, 2.45) is 5.10 Å². The number of rotatable bonds is 8. The Balaban J connectivity index is 1.23. The Morgan fingerprint density at radius 1 is 1.04 bits per heavy atom. The van der Waals surface area contributed by atoms with Crippen LogP contribution in [0.3, 0.4) is 0 Å². The average Bonchev–Trinajstić information content (AvgIpc) is 4.02. The van der Waals surface area contributed by atoms with E-state index in [-0.39, 0.29) is 29.9 Å². The number of hydrogen-bond donors (Lipinski definition) is 1. The van der Waals surface area contributed by atoms with Gasteiger partial charge in [0.1, 0.15) is 35.4 Å². The van der Waals surface area contributed by atoms with Gasteiger partial charge in [0.25, 0.3) is 5.56 Å². The molecule has 2 saturated carbocycles. The molecule has 1 aromatic carbocycles. The van der Waals surface area contributed by atoms with E-state index in [0.29, 0.717) is 39.4 Å². The monoisotopic (exact) mass is 656 g/mol. The van der Waals surface area contributed by atoms with Gasteiger partial charge in [-0.25, -0.2) is 24.9 Å². The molecule has 1 N–H and O–H groups in total. The van der Waals surface area contributed by atoms with Crippen LogP contribution in [0.4, 0.5) is 13.2 Å². The molecule has 2 aliphatic carbocycles. The summed E-state index contributed by atoms with van der Waals surface area (Å²) in [5, 5.41) is 4.94. The van der Waals surface area contributed by atoms with Crippen molar-refractivity contribution in [1.29, 1.82) is 0 Å².